The molecule has 0 fully saturated rings. The molecule has 0 saturated heterocycles. The van der Waals surface area contributed by atoms with Crippen LogP contribution in [-0.4, -0.2) is 25.7 Å². The molecule has 0 bridgehead atoms. The van der Waals surface area contributed by atoms with Crippen molar-refractivity contribution in [2.24, 2.45) is 0 Å². The number of carbonyl (C=O) groups is 1. The molecule has 0 aliphatic carbocycles. The van der Waals surface area contributed by atoms with Crippen molar-refractivity contribution in [3.8, 4) is 11.5 Å². The van der Waals surface area contributed by atoms with Crippen molar-refractivity contribution in [2.45, 2.75) is 26.4 Å². The lowest BCUT2D eigenvalue weighted by Gasteiger charge is -2.14. The third kappa shape index (κ3) is 4.34. The van der Waals surface area contributed by atoms with E-state index in [0.717, 1.165) is 6.42 Å². The topological polar surface area (TPSA) is 47.6 Å². The number of carbonyl (C=O) groups excluding carboxylic acids is 1. The van der Waals surface area contributed by atoms with Gasteiger partial charge in [0.15, 0.2) is 6.10 Å². The number of methoxy groups -OCH3 is 1. The summed E-state index contributed by atoms with van der Waals surface area (Å²) < 4.78 is 10.6. The monoisotopic (exact) mass is 237 g/mol. The molecule has 1 aromatic rings. The summed E-state index contributed by atoms with van der Waals surface area (Å²) in [6, 6.07) is 7.20. The zero-order valence-corrected chi connectivity index (χ0v) is 10.5. The van der Waals surface area contributed by atoms with Gasteiger partial charge < -0.3 is 14.8 Å². The van der Waals surface area contributed by atoms with Crippen LogP contribution in [-0.2, 0) is 4.79 Å². The molecule has 0 heterocycles. The number of ether oxygens (including phenoxy) is 2. The molecule has 0 saturated carbocycles. The summed E-state index contributed by atoms with van der Waals surface area (Å²) in [5.74, 6) is 1.24. The van der Waals surface area contributed by atoms with E-state index in [1.165, 1.54) is 0 Å². The van der Waals surface area contributed by atoms with Gasteiger partial charge in [-0.05, 0) is 25.5 Å². The van der Waals surface area contributed by atoms with Crippen molar-refractivity contribution < 1.29 is 14.3 Å². The molecule has 1 atom stereocenters. The number of benzene rings is 1. The molecule has 0 aliphatic rings. The predicted octanol–water partition coefficient (Wildman–Crippen LogP) is 1.99. The van der Waals surface area contributed by atoms with Gasteiger partial charge >= 0.3 is 0 Å². The Kier molecular flexibility index (Phi) is 5.33. The van der Waals surface area contributed by atoms with E-state index in [-0.39, 0.29) is 5.91 Å². The second-order valence-corrected chi connectivity index (χ2v) is 3.73. The van der Waals surface area contributed by atoms with Crippen LogP contribution in [0.25, 0.3) is 0 Å². The Morgan fingerprint density at radius 2 is 2.12 bits per heavy atom. The van der Waals surface area contributed by atoms with Gasteiger partial charge in [0.05, 0.1) is 7.11 Å². The lowest BCUT2D eigenvalue weighted by atomic mass is 10.3. The fourth-order valence-electron chi connectivity index (χ4n) is 1.32. The summed E-state index contributed by atoms with van der Waals surface area (Å²) in [6.45, 7) is 4.41. The Labute approximate surface area is 102 Å². The molecule has 0 spiro atoms. The van der Waals surface area contributed by atoms with E-state index in [4.69, 9.17) is 9.47 Å². The van der Waals surface area contributed by atoms with Gasteiger partial charge in [-0.2, -0.15) is 0 Å². The first-order valence-electron chi connectivity index (χ1n) is 5.75. The van der Waals surface area contributed by atoms with E-state index in [9.17, 15) is 4.79 Å². The fourth-order valence-corrected chi connectivity index (χ4v) is 1.32. The van der Waals surface area contributed by atoms with Crippen molar-refractivity contribution in [3.05, 3.63) is 24.3 Å². The summed E-state index contributed by atoms with van der Waals surface area (Å²) in [4.78, 5) is 11.6. The van der Waals surface area contributed by atoms with Gasteiger partial charge in [-0.3, -0.25) is 4.79 Å². The van der Waals surface area contributed by atoms with Crippen LogP contribution in [0.15, 0.2) is 24.3 Å². The van der Waals surface area contributed by atoms with Crippen molar-refractivity contribution in [3.63, 3.8) is 0 Å². The molecule has 0 radical (unpaired) electrons. The average molecular weight is 237 g/mol. The van der Waals surface area contributed by atoms with Crippen molar-refractivity contribution in [1.82, 2.24) is 5.32 Å². The number of rotatable bonds is 6. The van der Waals surface area contributed by atoms with Crippen LogP contribution >= 0.6 is 0 Å². The summed E-state index contributed by atoms with van der Waals surface area (Å²) in [5, 5.41) is 2.79. The highest BCUT2D eigenvalue weighted by Gasteiger charge is 2.13. The minimum Gasteiger partial charge on any atom is -0.497 e. The van der Waals surface area contributed by atoms with Gasteiger partial charge in [0, 0.05) is 12.6 Å². The molecular formula is C13H19NO3. The van der Waals surface area contributed by atoms with E-state index in [1.54, 1.807) is 26.2 Å². The molecule has 4 nitrogen and oxygen atoms in total. The molecule has 1 rings (SSSR count). The lowest BCUT2D eigenvalue weighted by molar-refractivity contribution is -0.127. The predicted molar refractivity (Wildman–Crippen MR) is 66.4 cm³/mol. The van der Waals surface area contributed by atoms with Crippen LogP contribution in [0, 0.1) is 0 Å². The van der Waals surface area contributed by atoms with E-state index < -0.39 is 6.10 Å². The molecule has 4 heteroatoms. The van der Waals surface area contributed by atoms with Gasteiger partial charge in [0.2, 0.25) is 0 Å². The summed E-state index contributed by atoms with van der Waals surface area (Å²) in [6.07, 6.45) is 0.408. The van der Waals surface area contributed by atoms with E-state index >= 15 is 0 Å². The van der Waals surface area contributed by atoms with Gasteiger partial charge in [-0.1, -0.05) is 13.0 Å². The van der Waals surface area contributed by atoms with Crippen LogP contribution in [0.5, 0.6) is 11.5 Å². The van der Waals surface area contributed by atoms with Crippen LogP contribution in [0.4, 0.5) is 0 Å². The average Bonchev–Trinajstić information content (AvgIpc) is 2.36. The molecule has 94 valence electrons. The van der Waals surface area contributed by atoms with Crippen LogP contribution in [0.1, 0.15) is 20.3 Å². The Morgan fingerprint density at radius 3 is 2.76 bits per heavy atom. The number of amides is 1. The highest BCUT2D eigenvalue weighted by molar-refractivity contribution is 5.80. The maximum absolute atomic E-state index is 11.6. The van der Waals surface area contributed by atoms with Crippen LogP contribution < -0.4 is 14.8 Å². The molecule has 1 N–H and O–H groups in total. The van der Waals surface area contributed by atoms with Gasteiger partial charge in [0.1, 0.15) is 11.5 Å². The van der Waals surface area contributed by atoms with Crippen molar-refractivity contribution in [1.29, 1.82) is 0 Å². The molecular weight excluding hydrogens is 218 g/mol. The Balaban J connectivity index is 2.54. The van der Waals surface area contributed by atoms with Crippen LogP contribution in [0.3, 0.4) is 0 Å². The summed E-state index contributed by atoms with van der Waals surface area (Å²) in [7, 11) is 1.59. The minimum absolute atomic E-state index is 0.102. The highest BCUT2D eigenvalue weighted by atomic mass is 16.5. The van der Waals surface area contributed by atoms with E-state index in [1.807, 2.05) is 19.1 Å². The zero-order chi connectivity index (χ0) is 12.7. The summed E-state index contributed by atoms with van der Waals surface area (Å²) >= 11 is 0. The molecule has 17 heavy (non-hydrogen) atoms. The van der Waals surface area contributed by atoms with Crippen molar-refractivity contribution >= 4 is 5.91 Å². The first-order valence-corrected chi connectivity index (χ1v) is 5.75. The largest absolute Gasteiger partial charge is 0.497 e. The van der Waals surface area contributed by atoms with Gasteiger partial charge in [-0.15, -0.1) is 0 Å². The number of hydrogen-bond acceptors (Lipinski definition) is 3. The summed E-state index contributed by atoms with van der Waals surface area (Å²) in [5.41, 5.74) is 0. The van der Waals surface area contributed by atoms with Gasteiger partial charge in [0.25, 0.3) is 5.91 Å². The second kappa shape index (κ2) is 6.78. The first-order chi connectivity index (χ1) is 8.17. The second-order valence-electron chi connectivity index (χ2n) is 3.73. The first kappa shape index (κ1) is 13.4. The van der Waals surface area contributed by atoms with Crippen LogP contribution in [0.2, 0.25) is 0 Å². The molecule has 1 unspecified atom stereocenters. The number of hydrogen-bond donors (Lipinski definition) is 1. The minimum atomic E-state index is -0.506. The van der Waals surface area contributed by atoms with E-state index in [2.05, 4.69) is 5.32 Å². The maximum atomic E-state index is 11.6. The Hall–Kier alpha value is -1.71. The molecule has 0 aromatic heterocycles. The third-order valence-electron chi connectivity index (χ3n) is 2.27. The smallest absolute Gasteiger partial charge is 0.260 e. The maximum Gasteiger partial charge on any atom is 0.260 e. The number of nitrogens with one attached hydrogen (secondary N) is 1. The SMILES string of the molecule is CCCNC(=O)C(C)Oc1cccc(OC)c1. The Morgan fingerprint density at radius 1 is 1.41 bits per heavy atom. The van der Waals surface area contributed by atoms with Gasteiger partial charge in [-0.25, -0.2) is 0 Å². The molecule has 1 amide bonds. The molecule has 0 aliphatic heterocycles. The zero-order valence-electron chi connectivity index (χ0n) is 10.5. The quantitative estimate of drug-likeness (QED) is 0.823. The normalized spacial score (nSPS) is 11.7. The lowest BCUT2D eigenvalue weighted by Crippen LogP contribution is -2.36. The Bertz CT molecular complexity index is 365. The van der Waals surface area contributed by atoms with Crippen molar-refractivity contribution in [2.75, 3.05) is 13.7 Å². The molecule has 1 aromatic carbocycles. The highest BCUT2D eigenvalue weighted by Crippen LogP contribution is 2.19. The standard InChI is InChI=1S/C13H19NO3/c1-4-8-14-13(15)10(2)17-12-7-5-6-11(9-12)16-3/h5-7,9-10H,4,8H2,1-3H3,(H,14,15). The van der Waals surface area contributed by atoms with E-state index in [0.29, 0.717) is 18.0 Å². The fraction of sp³-hybridized carbons (Fsp3) is 0.462. The third-order valence-corrected chi connectivity index (χ3v) is 2.27.